The van der Waals surface area contributed by atoms with Gasteiger partial charge >= 0.3 is 0 Å². The Bertz CT molecular complexity index is 452. The molecule has 0 aliphatic rings. The number of aromatic nitrogens is 2. The lowest BCUT2D eigenvalue weighted by Gasteiger charge is -2.20. The van der Waals surface area contributed by atoms with Crippen LogP contribution >= 0.6 is 0 Å². The van der Waals surface area contributed by atoms with E-state index in [0.717, 1.165) is 24.2 Å². The molecule has 0 fully saturated rings. The van der Waals surface area contributed by atoms with Gasteiger partial charge in [-0.05, 0) is 19.8 Å². The van der Waals surface area contributed by atoms with Crippen LogP contribution in [0.4, 0.5) is 5.69 Å². The summed E-state index contributed by atoms with van der Waals surface area (Å²) in [4.78, 5) is 11.9. The Morgan fingerprint density at radius 1 is 1.40 bits per heavy atom. The SMILES string of the molecule is CCC(CC)C(O)CNC(=O)Cn1nc(C)c(N)c1C. The second-order valence-corrected chi connectivity index (χ2v) is 5.19. The van der Waals surface area contributed by atoms with E-state index in [2.05, 4.69) is 10.4 Å². The summed E-state index contributed by atoms with van der Waals surface area (Å²) < 4.78 is 1.59. The van der Waals surface area contributed by atoms with Gasteiger partial charge in [0.1, 0.15) is 6.54 Å². The first kappa shape index (κ1) is 16.5. The van der Waals surface area contributed by atoms with Crippen LogP contribution in [0.1, 0.15) is 38.1 Å². The molecule has 0 bridgehead atoms. The van der Waals surface area contributed by atoms with Crippen LogP contribution in [0.25, 0.3) is 0 Å². The molecule has 6 heteroatoms. The Labute approximate surface area is 120 Å². The first-order chi connectivity index (χ1) is 9.40. The number of aryl methyl sites for hydroxylation is 1. The quantitative estimate of drug-likeness (QED) is 0.695. The van der Waals surface area contributed by atoms with Crippen LogP contribution in [0.3, 0.4) is 0 Å². The summed E-state index contributed by atoms with van der Waals surface area (Å²) in [6.07, 6.45) is 1.31. The van der Waals surface area contributed by atoms with Gasteiger partial charge < -0.3 is 16.2 Å². The van der Waals surface area contributed by atoms with Gasteiger partial charge in [0.25, 0.3) is 0 Å². The number of hydrogen-bond acceptors (Lipinski definition) is 4. The molecule has 1 unspecified atom stereocenters. The molecule has 0 radical (unpaired) electrons. The number of carbonyl (C=O) groups is 1. The second kappa shape index (κ2) is 7.28. The molecule has 4 N–H and O–H groups in total. The molecule has 1 aromatic heterocycles. The zero-order valence-electron chi connectivity index (χ0n) is 12.8. The molecule has 6 nitrogen and oxygen atoms in total. The fourth-order valence-corrected chi connectivity index (χ4v) is 2.27. The summed E-state index contributed by atoms with van der Waals surface area (Å²) in [6.45, 7) is 8.13. The summed E-state index contributed by atoms with van der Waals surface area (Å²) in [5, 5.41) is 16.9. The van der Waals surface area contributed by atoms with Gasteiger partial charge in [-0.1, -0.05) is 26.7 Å². The van der Waals surface area contributed by atoms with Gasteiger partial charge in [-0.2, -0.15) is 5.10 Å². The highest BCUT2D eigenvalue weighted by molar-refractivity contribution is 5.76. The predicted molar refractivity (Wildman–Crippen MR) is 79.2 cm³/mol. The highest BCUT2D eigenvalue weighted by Gasteiger charge is 2.17. The lowest BCUT2D eigenvalue weighted by atomic mass is 9.96. The number of amides is 1. The summed E-state index contributed by atoms with van der Waals surface area (Å²) in [6, 6.07) is 0. The topological polar surface area (TPSA) is 93.2 Å². The molecule has 20 heavy (non-hydrogen) atoms. The number of nitrogens with zero attached hydrogens (tertiary/aromatic N) is 2. The molecule has 0 aliphatic heterocycles. The average molecular weight is 282 g/mol. The monoisotopic (exact) mass is 282 g/mol. The molecule has 0 saturated heterocycles. The third kappa shape index (κ3) is 3.96. The van der Waals surface area contributed by atoms with Crippen molar-refractivity contribution in [3.63, 3.8) is 0 Å². The van der Waals surface area contributed by atoms with Crippen molar-refractivity contribution in [2.45, 2.75) is 53.2 Å². The van der Waals surface area contributed by atoms with Crippen LogP contribution in [-0.2, 0) is 11.3 Å². The third-order valence-electron chi connectivity index (χ3n) is 3.83. The molecular weight excluding hydrogens is 256 g/mol. The van der Waals surface area contributed by atoms with E-state index in [1.807, 2.05) is 27.7 Å². The molecule has 1 amide bonds. The van der Waals surface area contributed by atoms with Gasteiger partial charge in [0.05, 0.1) is 23.2 Å². The highest BCUT2D eigenvalue weighted by atomic mass is 16.3. The van der Waals surface area contributed by atoms with Crippen molar-refractivity contribution >= 4 is 11.6 Å². The summed E-state index contributed by atoms with van der Waals surface area (Å²) in [5.74, 6) is 0.0558. The van der Waals surface area contributed by atoms with E-state index in [4.69, 9.17) is 5.73 Å². The van der Waals surface area contributed by atoms with Gasteiger partial charge in [0, 0.05) is 6.54 Å². The van der Waals surface area contributed by atoms with E-state index < -0.39 is 6.10 Å². The van der Waals surface area contributed by atoms with Crippen LogP contribution in [-0.4, -0.2) is 33.4 Å². The predicted octanol–water partition coefficient (Wildman–Crippen LogP) is 0.995. The Morgan fingerprint density at radius 2 is 2.00 bits per heavy atom. The van der Waals surface area contributed by atoms with Crippen LogP contribution in [0.15, 0.2) is 0 Å². The molecule has 114 valence electrons. The highest BCUT2D eigenvalue weighted by Crippen LogP contribution is 2.14. The average Bonchev–Trinajstić information content (AvgIpc) is 2.65. The number of nitrogen functional groups attached to an aromatic ring is 1. The number of nitrogens with one attached hydrogen (secondary N) is 1. The van der Waals surface area contributed by atoms with E-state index in [1.165, 1.54) is 0 Å². The number of aliphatic hydroxyl groups is 1. The smallest absolute Gasteiger partial charge is 0.241 e. The minimum absolute atomic E-state index is 0.125. The van der Waals surface area contributed by atoms with Crippen molar-refractivity contribution in [2.75, 3.05) is 12.3 Å². The maximum atomic E-state index is 11.9. The van der Waals surface area contributed by atoms with Crippen LogP contribution in [0, 0.1) is 19.8 Å². The molecule has 1 atom stereocenters. The number of rotatable bonds is 7. The first-order valence-electron chi connectivity index (χ1n) is 7.14. The van der Waals surface area contributed by atoms with Crippen molar-refractivity contribution in [1.29, 1.82) is 0 Å². The minimum atomic E-state index is -0.500. The van der Waals surface area contributed by atoms with Crippen LogP contribution in [0.5, 0.6) is 0 Å². The Hall–Kier alpha value is -1.56. The van der Waals surface area contributed by atoms with Crippen molar-refractivity contribution < 1.29 is 9.90 Å². The van der Waals surface area contributed by atoms with E-state index in [0.29, 0.717) is 5.69 Å². The van der Waals surface area contributed by atoms with Crippen molar-refractivity contribution in [1.82, 2.24) is 15.1 Å². The van der Waals surface area contributed by atoms with E-state index in [9.17, 15) is 9.90 Å². The number of aliphatic hydroxyl groups excluding tert-OH is 1. The molecule has 0 spiro atoms. The Balaban J connectivity index is 2.50. The largest absolute Gasteiger partial charge is 0.396 e. The third-order valence-corrected chi connectivity index (χ3v) is 3.83. The zero-order chi connectivity index (χ0) is 15.3. The Kier molecular flexibility index (Phi) is 6.01. The maximum absolute atomic E-state index is 11.9. The van der Waals surface area contributed by atoms with E-state index >= 15 is 0 Å². The number of carbonyl (C=O) groups excluding carboxylic acids is 1. The zero-order valence-corrected chi connectivity index (χ0v) is 12.8. The normalized spacial score (nSPS) is 12.7. The van der Waals surface area contributed by atoms with Gasteiger partial charge in [-0.25, -0.2) is 0 Å². The van der Waals surface area contributed by atoms with Gasteiger partial charge in [-0.15, -0.1) is 0 Å². The molecule has 0 aromatic carbocycles. The summed E-state index contributed by atoms with van der Waals surface area (Å²) in [7, 11) is 0. The summed E-state index contributed by atoms with van der Waals surface area (Å²) >= 11 is 0. The van der Waals surface area contributed by atoms with Gasteiger partial charge in [-0.3, -0.25) is 9.48 Å². The van der Waals surface area contributed by atoms with Gasteiger partial charge in [0.2, 0.25) is 5.91 Å². The number of hydrogen-bond donors (Lipinski definition) is 3. The van der Waals surface area contributed by atoms with Crippen LogP contribution < -0.4 is 11.1 Å². The molecule has 0 aliphatic carbocycles. The van der Waals surface area contributed by atoms with E-state index in [-0.39, 0.29) is 24.9 Å². The van der Waals surface area contributed by atoms with Crippen molar-refractivity contribution in [3.8, 4) is 0 Å². The number of nitrogens with two attached hydrogens (primary N) is 1. The fraction of sp³-hybridized carbons (Fsp3) is 0.714. The lowest BCUT2D eigenvalue weighted by molar-refractivity contribution is -0.122. The van der Waals surface area contributed by atoms with Crippen molar-refractivity contribution in [3.05, 3.63) is 11.4 Å². The number of anilines is 1. The maximum Gasteiger partial charge on any atom is 0.241 e. The second-order valence-electron chi connectivity index (χ2n) is 5.19. The molecular formula is C14H26N4O2. The van der Waals surface area contributed by atoms with Crippen molar-refractivity contribution in [2.24, 2.45) is 5.92 Å². The van der Waals surface area contributed by atoms with E-state index in [1.54, 1.807) is 4.68 Å². The Morgan fingerprint density at radius 3 is 2.45 bits per heavy atom. The van der Waals surface area contributed by atoms with Crippen LogP contribution in [0.2, 0.25) is 0 Å². The molecule has 0 saturated carbocycles. The summed E-state index contributed by atoms with van der Waals surface area (Å²) in [5.41, 5.74) is 7.96. The molecule has 1 heterocycles. The molecule has 1 aromatic rings. The minimum Gasteiger partial charge on any atom is -0.396 e. The van der Waals surface area contributed by atoms with Gasteiger partial charge in [0.15, 0.2) is 0 Å². The standard InChI is InChI=1S/C14H26N4O2/c1-5-11(6-2)12(19)7-16-13(20)8-18-10(4)14(15)9(3)17-18/h11-12,19H,5-8,15H2,1-4H3,(H,16,20). The first-order valence-corrected chi connectivity index (χ1v) is 7.14. The fourth-order valence-electron chi connectivity index (χ4n) is 2.27. The lowest BCUT2D eigenvalue weighted by Crippen LogP contribution is -2.37. The molecule has 1 rings (SSSR count).